The summed E-state index contributed by atoms with van der Waals surface area (Å²) in [6.07, 6.45) is 1.83. The third-order valence-electron chi connectivity index (χ3n) is 3.51. The Kier molecular flexibility index (Phi) is 3.67. The molecule has 3 nitrogen and oxygen atoms in total. The predicted molar refractivity (Wildman–Crippen MR) is 89.7 cm³/mol. The largest absolute Gasteiger partial charge is 0.399 e. The van der Waals surface area contributed by atoms with Gasteiger partial charge in [-0.15, -0.1) is 0 Å². The van der Waals surface area contributed by atoms with E-state index in [1.54, 1.807) is 0 Å². The van der Waals surface area contributed by atoms with Gasteiger partial charge >= 0.3 is 0 Å². The van der Waals surface area contributed by atoms with Crippen LogP contribution in [0.1, 0.15) is 5.56 Å². The first-order valence-electron chi connectivity index (χ1n) is 6.74. The second-order valence-corrected chi connectivity index (χ2v) is 5.46. The molecule has 3 rings (SSSR count). The Balaban J connectivity index is 1.97. The Labute approximate surface area is 129 Å². The van der Waals surface area contributed by atoms with Crippen molar-refractivity contribution in [3.05, 3.63) is 65.3 Å². The molecule has 106 valence electrons. The maximum Gasteiger partial charge on any atom is 0.0722 e. The van der Waals surface area contributed by atoms with Crippen LogP contribution in [0, 0.1) is 0 Å². The molecule has 0 aliphatic carbocycles. The summed E-state index contributed by atoms with van der Waals surface area (Å²) < 4.78 is 0. The van der Waals surface area contributed by atoms with Crippen molar-refractivity contribution in [2.24, 2.45) is 0 Å². The Morgan fingerprint density at radius 1 is 1.14 bits per heavy atom. The SMILES string of the molecule is CN(Cc1cc(N)ccc1Cl)c1ccnc2ccccc12. The highest BCUT2D eigenvalue weighted by molar-refractivity contribution is 6.31. The summed E-state index contributed by atoms with van der Waals surface area (Å²) in [5, 5.41) is 1.86. The standard InChI is InChI=1S/C17H16ClN3/c1-21(11-12-10-13(19)6-7-15(12)18)17-8-9-20-16-5-3-2-4-14(16)17/h2-10H,11,19H2,1H3. The molecule has 0 fully saturated rings. The van der Waals surface area contributed by atoms with E-state index in [1.165, 1.54) is 0 Å². The Bertz CT molecular complexity index is 781. The van der Waals surface area contributed by atoms with E-state index in [9.17, 15) is 0 Å². The highest BCUT2D eigenvalue weighted by Gasteiger charge is 2.09. The second-order valence-electron chi connectivity index (χ2n) is 5.05. The molecule has 0 unspecified atom stereocenters. The van der Waals surface area contributed by atoms with Gasteiger partial charge in [0.1, 0.15) is 0 Å². The highest BCUT2D eigenvalue weighted by Crippen LogP contribution is 2.27. The molecular weight excluding hydrogens is 282 g/mol. The van der Waals surface area contributed by atoms with Crippen LogP contribution in [0.15, 0.2) is 54.7 Å². The first-order chi connectivity index (χ1) is 10.1. The van der Waals surface area contributed by atoms with Gasteiger partial charge in [-0.1, -0.05) is 29.8 Å². The van der Waals surface area contributed by atoms with Crippen molar-refractivity contribution in [3.63, 3.8) is 0 Å². The van der Waals surface area contributed by atoms with Gasteiger partial charge in [0.05, 0.1) is 5.52 Å². The summed E-state index contributed by atoms with van der Waals surface area (Å²) >= 11 is 6.25. The lowest BCUT2D eigenvalue weighted by atomic mass is 10.1. The average Bonchev–Trinajstić information content (AvgIpc) is 2.50. The van der Waals surface area contributed by atoms with Crippen molar-refractivity contribution < 1.29 is 0 Å². The van der Waals surface area contributed by atoms with Gasteiger partial charge in [-0.25, -0.2) is 0 Å². The van der Waals surface area contributed by atoms with E-state index in [2.05, 4.69) is 16.0 Å². The lowest BCUT2D eigenvalue weighted by Crippen LogP contribution is -2.17. The van der Waals surface area contributed by atoms with Gasteiger partial charge in [-0.2, -0.15) is 0 Å². The van der Waals surface area contributed by atoms with Crippen LogP contribution in [0.5, 0.6) is 0 Å². The molecule has 0 atom stereocenters. The molecule has 0 bridgehead atoms. The molecule has 2 aromatic carbocycles. The molecule has 0 saturated carbocycles. The summed E-state index contributed by atoms with van der Waals surface area (Å²) in [6, 6.07) is 15.7. The second kappa shape index (κ2) is 5.62. The number of fused-ring (bicyclic) bond motifs is 1. The van der Waals surface area contributed by atoms with Crippen LogP contribution in [-0.2, 0) is 6.54 Å². The van der Waals surface area contributed by atoms with Gasteiger partial charge in [-0.05, 0) is 35.9 Å². The van der Waals surface area contributed by atoms with Crippen LogP contribution in [0.4, 0.5) is 11.4 Å². The molecule has 0 saturated heterocycles. The topological polar surface area (TPSA) is 42.1 Å². The molecular formula is C17H16ClN3. The normalized spacial score (nSPS) is 10.8. The highest BCUT2D eigenvalue weighted by atomic mass is 35.5. The summed E-state index contributed by atoms with van der Waals surface area (Å²) in [7, 11) is 2.04. The van der Waals surface area contributed by atoms with E-state index in [1.807, 2.05) is 55.7 Å². The van der Waals surface area contributed by atoms with Crippen molar-refractivity contribution in [1.29, 1.82) is 0 Å². The van der Waals surface area contributed by atoms with E-state index >= 15 is 0 Å². The van der Waals surface area contributed by atoms with E-state index in [-0.39, 0.29) is 0 Å². The van der Waals surface area contributed by atoms with Crippen LogP contribution in [0.3, 0.4) is 0 Å². The van der Waals surface area contributed by atoms with Crippen LogP contribution in [-0.4, -0.2) is 12.0 Å². The van der Waals surface area contributed by atoms with Crippen LogP contribution >= 0.6 is 11.6 Å². The first kappa shape index (κ1) is 13.7. The molecule has 0 spiro atoms. The molecule has 3 aromatic rings. The Morgan fingerprint density at radius 3 is 2.81 bits per heavy atom. The number of aromatic nitrogens is 1. The van der Waals surface area contributed by atoms with Gasteiger partial charge in [0, 0.05) is 41.6 Å². The quantitative estimate of drug-likeness (QED) is 0.740. The van der Waals surface area contributed by atoms with Crippen LogP contribution < -0.4 is 10.6 Å². The lowest BCUT2D eigenvalue weighted by molar-refractivity contribution is 0.927. The van der Waals surface area contributed by atoms with E-state index in [0.717, 1.165) is 32.9 Å². The zero-order chi connectivity index (χ0) is 14.8. The Morgan fingerprint density at radius 2 is 1.95 bits per heavy atom. The third kappa shape index (κ3) is 2.78. The molecule has 4 heteroatoms. The summed E-state index contributed by atoms with van der Waals surface area (Å²) in [4.78, 5) is 6.55. The number of nitrogens with zero attached hydrogens (tertiary/aromatic N) is 2. The molecule has 1 heterocycles. The molecule has 0 amide bonds. The molecule has 0 radical (unpaired) electrons. The minimum absolute atomic E-state index is 0.692. The number of para-hydroxylation sites is 1. The number of pyridine rings is 1. The molecule has 0 aliphatic heterocycles. The number of nitrogen functional groups attached to an aromatic ring is 1. The summed E-state index contributed by atoms with van der Waals surface area (Å²) in [5.74, 6) is 0. The van der Waals surface area contributed by atoms with Crippen molar-refractivity contribution in [2.75, 3.05) is 17.7 Å². The maximum absolute atomic E-state index is 6.25. The third-order valence-corrected chi connectivity index (χ3v) is 3.88. The number of anilines is 2. The summed E-state index contributed by atoms with van der Waals surface area (Å²) in [6.45, 7) is 0.692. The van der Waals surface area contributed by atoms with E-state index in [4.69, 9.17) is 17.3 Å². The average molecular weight is 298 g/mol. The predicted octanol–water partition coefficient (Wildman–Crippen LogP) is 4.11. The van der Waals surface area contributed by atoms with Crippen molar-refractivity contribution in [2.45, 2.75) is 6.54 Å². The monoisotopic (exact) mass is 297 g/mol. The molecule has 1 aromatic heterocycles. The van der Waals surface area contributed by atoms with Crippen molar-refractivity contribution in [3.8, 4) is 0 Å². The minimum atomic E-state index is 0.692. The smallest absolute Gasteiger partial charge is 0.0722 e. The van der Waals surface area contributed by atoms with Crippen molar-refractivity contribution >= 4 is 33.9 Å². The number of hydrogen-bond donors (Lipinski definition) is 1. The number of hydrogen-bond acceptors (Lipinski definition) is 3. The first-order valence-corrected chi connectivity index (χ1v) is 7.12. The van der Waals surface area contributed by atoms with Gasteiger partial charge in [0.2, 0.25) is 0 Å². The van der Waals surface area contributed by atoms with Gasteiger partial charge < -0.3 is 10.6 Å². The fraction of sp³-hybridized carbons (Fsp3) is 0.118. The fourth-order valence-electron chi connectivity index (χ4n) is 2.47. The number of halogens is 1. The Hall–Kier alpha value is -2.26. The summed E-state index contributed by atoms with van der Waals surface area (Å²) in [5.41, 5.74) is 9.69. The fourth-order valence-corrected chi connectivity index (χ4v) is 2.65. The van der Waals surface area contributed by atoms with E-state index in [0.29, 0.717) is 6.54 Å². The zero-order valence-electron chi connectivity index (χ0n) is 11.8. The number of benzene rings is 2. The molecule has 21 heavy (non-hydrogen) atoms. The van der Waals surface area contributed by atoms with Crippen molar-refractivity contribution in [1.82, 2.24) is 4.98 Å². The molecule has 0 aliphatic rings. The van der Waals surface area contributed by atoms with Gasteiger partial charge in [0.15, 0.2) is 0 Å². The van der Waals surface area contributed by atoms with E-state index < -0.39 is 0 Å². The molecule has 2 N–H and O–H groups in total. The maximum atomic E-state index is 6.25. The minimum Gasteiger partial charge on any atom is -0.399 e. The lowest BCUT2D eigenvalue weighted by Gasteiger charge is -2.21. The number of rotatable bonds is 3. The van der Waals surface area contributed by atoms with Gasteiger partial charge in [-0.3, -0.25) is 4.98 Å². The van der Waals surface area contributed by atoms with Gasteiger partial charge in [0.25, 0.3) is 0 Å². The number of nitrogens with two attached hydrogens (primary N) is 1. The van der Waals surface area contributed by atoms with Crippen LogP contribution in [0.2, 0.25) is 5.02 Å². The zero-order valence-corrected chi connectivity index (χ0v) is 12.5. The van der Waals surface area contributed by atoms with Crippen LogP contribution in [0.25, 0.3) is 10.9 Å².